The van der Waals surface area contributed by atoms with E-state index in [0.717, 1.165) is 34.9 Å². The largest absolute Gasteiger partial charge is 0.493 e. The van der Waals surface area contributed by atoms with Crippen LogP contribution in [-0.4, -0.2) is 66.7 Å². The minimum Gasteiger partial charge on any atom is -0.493 e. The number of fused-ring (bicyclic) bond motifs is 5. The van der Waals surface area contributed by atoms with Gasteiger partial charge in [-0.2, -0.15) is 0 Å². The highest BCUT2D eigenvalue weighted by atomic mass is 16.5. The molecule has 0 N–H and O–H groups in total. The zero-order valence-electron chi connectivity index (χ0n) is 23.7. The number of carbonyl (C=O) groups is 1. The fourth-order valence-corrected chi connectivity index (χ4v) is 6.21. The first-order valence-electron chi connectivity index (χ1n) is 14.0. The maximum absolute atomic E-state index is 14.0. The third-order valence-corrected chi connectivity index (χ3v) is 8.24. The quantitative estimate of drug-likeness (QED) is 0.272. The molecule has 0 radical (unpaired) electrons. The minimum atomic E-state index is -0.658. The Labute approximate surface area is 241 Å². The molecular weight excluding hydrogens is 532 g/mol. The van der Waals surface area contributed by atoms with Gasteiger partial charge in [-0.05, 0) is 55.5 Å². The molecule has 212 valence electrons. The highest BCUT2D eigenvalue weighted by Crippen LogP contribution is 2.39. The van der Waals surface area contributed by atoms with E-state index in [2.05, 4.69) is 22.0 Å². The molecule has 1 aliphatic rings. The summed E-state index contributed by atoms with van der Waals surface area (Å²) in [5, 5.41) is 2.83. The number of nitrogens with zero attached hydrogens (tertiary/aromatic N) is 4. The number of rotatable bonds is 6. The predicted molar refractivity (Wildman–Crippen MR) is 164 cm³/mol. The van der Waals surface area contributed by atoms with Crippen LogP contribution >= 0.6 is 0 Å². The van der Waals surface area contributed by atoms with E-state index >= 15 is 0 Å². The summed E-state index contributed by atoms with van der Waals surface area (Å²) in [6.45, 7) is 4.62. The van der Waals surface area contributed by atoms with Gasteiger partial charge in [0.1, 0.15) is 5.75 Å². The number of piperazine rings is 1. The molecule has 9 heteroatoms. The smallest absolute Gasteiger partial charge is 0.267 e. The molecule has 7 rings (SSSR count). The van der Waals surface area contributed by atoms with E-state index < -0.39 is 6.10 Å². The number of hydrogen-bond acceptors (Lipinski definition) is 7. The number of para-hydroxylation sites is 1. The molecule has 4 heterocycles. The van der Waals surface area contributed by atoms with Crippen LogP contribution in [0.15, 0.2) is 77.7 Å². The van der Waals surface area contributed by atoms with E-state index in [4.69, 9.17) is 14.2 Å². The molecule has 0 saturated carbocycles. The van der Waals surface area contributed by atoms with Crippen molar-refractivity contribution >= 4 is 49.7 Å². The molecule has 1 amide bonds. The monoisotopic (exact) mass is 562 g/mol. The average molecular weight is 563 g/mol. The lowest BCUT2D eigenvalue weighted by Gasteiger charge is -2.37. The molecule has 3 aromatic heterocycles. The van der Waals surface area contributed by atoms with Gasteiger partial charge in [-0.1, -0.05) is 18.2 Å². The Morgan fingerprint density at radius 3 is 2.40 bits per heavy atom. The predicted octanol–water partition coefficient (Wildman–Crippen LogP) is 4.73. The Bertz CT molecular complexity index is 2020. The molecule has 1 atom stereocenters. The van der Waals surface area contributed by atoms with Crippen molar-refractivity contribution in [2.24, 2.45) is 0 Å². The molecule has 0 bridgehead atoms. The van der Waals surface area contributed by atoms with Crippen molar-refractivity contribution in [3.8, 4) is 17.2 Å². The first-order valence-corrected chi connectivity index (χ1v) is 14.0. The number of anilines is 1. The molecule has 3 aromatic carbocycles. The van der Waals surface area contributed by atoms with Crippen LogP contribution in [-0.2, 0) is 4.79 Å². The van der Waals surface area contributed by atoms with E-state index in [1.54, 1.807) is 36.8 Å². The third-order valence-electron chi connectivity index (χ3n) is 8.24. The second-order valence-corrected chi connectivity index (χ2v) is 10.5. The Balaban J connectivity index is 1.22. The fraction of sp³-hybridized carbons (Fsp3) is 0.242. The van der Waals surface area contributed by atoms with Gasteiger partial charge in [0.2, 0.25) is 0 Å². The van der Waals surface area contributed by atoms with Gasteiger partial charge in [-0.15, -0.1) is 0 Å². The second-order valence-electron chi connectivity index (χ2n) is 10.5. The number of benzene rings is 3. The number of methoxy groups -OCH3 is 2. The summed E-state index contributed by atoms with van der Waals surface area (Å²) < 4.78 is 19.0. The van der Waals surface area contributed by atoms with Crippen LogP contribution in [0.2, 0.25) is 0 Å². The number of ether oxygens (including phenoxy) is 3. The van der Waals surface area contributed by atoms with Gasteiger partial charge in [0.05, 0.1) is 36.2 Å². The lowest BCUT2D eigenvalue weighted by molar-refractivity contribution is -0.138. The van der Waals surface area contributed by atoms with E-state index in [1.165, 1.54) is 12.8 Å². The average Bonchev–Trinajstić information content (AvgIpc) is 3.37. The molecule has 9 nitrogen and oxygen atoms in total. The van der Waals surface area contributed by atoms with Gasteiger partial charge in [0.25, 0.3) is 11.5 Å². The molecule has 42 heavy (non-hydrogen) atoms. The molecule has 1 fully saturated rings. The van der Waals surface area contributed by atoms with Crippen molar-refractivity contribution in [3.05, 3.63) is 83.3 Å². The maximum Gasteiger partial charge on any atom is 0.267 e. The van der Waals surface area contributed by atoms with Crippen LogP contribution in [0.1, 0.15) is 6.92 Å². The highest BCUT2D eigenvalue weighted by molar-refractivity contribution is 6.19. The van der Waals surface area contributed by atoms with Gasteiger partial charge in [0, 0.05) is 54.2 Å². The van der Waals surface area contributed by atoms with Crippen molar-refractivity contribution in [2.45, 2.75) is 13.0 Å². The standard InChI is InChI=1S/C33H30N4O5/c1-20(32(38)36-17-15-35(16-18-36)21-7-5-4-6-8-21)42-22-9-11-26-25(19-22)23-13-14-34-29-24-10-12-27(40-2)31(41-3)28(24)33(39)37(26)30(23)29/h4-14,19-20H,15-18H2,1-3H3. The third kappa shape index (κ3) is 3.95. The Kier molecular flexibility index (Phi) is 6.22. The van der Waals surface area contributed by atoms with Crippen LogP contribution in [0.25, 0.3) is 38.1 Å². The van der Waals surface area contributed by atoms with Gasteiger partial charge in [-0.3, -0.25) is 19.0 Å². The number of carbonyl (C=O) groups excluding carboxylic acids is 1. The van der Waals surface area contributed by atoms with Crippen LogP contribution in [0, 0.1) is 0 Å². The normalized spacial score (nSPS) is 14.6. The SMILES string of the molecule is COc1ccc2c(c1OC)c(=O)n1c3ccc(OC(C)C(=O)N4CCN(c5ccccc5)CC4)cc3c3ccnc2c31. The van der Waals surface area contributed by atoms with Gasteiger partial charge in [-0.25, -0.2) is 0 Å². The Hall–Kier alpha value is -5.05. The van der Waals surface area contributed by atoms with Gasteiger partial charge in [0.15, 0.2) is 17.6 Å². The fourth-order valence-electron chi connectivity index (χ4n) is 6.21. The first kappa shape index (κ1) is 25.9. The molecule has 0 aliphatic carbocycles. The molecular formula is C33H30N4O5. The van der Waals surface area contributed by atoms with Gasteiger partial charge >= 0.3 is 0 Å². The van der Waals surface area contributed by atoms with Crippen molar-refractivity contribution in [3.63, 3.8) is 0 Å². The number of pyridine rings is 2. The Morgan fingerprint density at radius 1 is 0.881 bits per heavy atom. The maximum atomic E-state index is 14.0. The summed E-state index contributed by atoms with van der Waals surface area (Å²) in [5.74, 6) is 1.38. The minimum absolute atomic E-state index is 0.0405. The van der Waals surface area contributed by atoms with E-state index in [0.29, 0.717) is 46.6 Å². The van der Waals surface area contributed by atoms with E-state index in [1.807, 2.05) is 47.4 Å². The van der Waals surface area contributed by atoms with E-state index in [-0.39, 0.29) is 11.5 Å². The first-order chi connectivity index (χ1) is 20.5. The van der Waals surface area contributed by atoms with Crippen LogP contribution < -0.4 is 24.7 Å². The van der Waals surface area contributed by atoms with Crippen LogP contribution in [0.5, 0.6) is 17.2 Å². The summed E-state index contributed by atoms with van der Waals surface area (Å²) in [7, 11) is 3.07. The topological polar surface area (TPSA) is 85.6 Å². The van der Waals surface area contributed by atoms with Crippen molar-refractivity contribution < 1.29 is 19.0 Å². The number of aromatic nitrogens is 2. The van der Waals surface area contributed by atoms with Crippen molar-refractivity contribution in [1.82, 2.24) is 14.3 Å². The van der Waals surface area contributed by atoms with Crippen LogP contribution in [0.3, 0.4) is 0 Å². The summed E-state index contributed by atoms with van der Waals surface area (Å²) >= 11 is 0. The molecule has 1 saturated heterocycles. The molecule has 0 spiro atoms. The Morgan fingerprint density at radius 2 is 1.67 bits per heavy atom. The number of amides is 1. The van der Waals surface area contributed by atoms with Crippen LogP contribution in [0.4, 0.5) is 5.69 Å². The lowest BCUT2D eigenvalue weighted by Crippen LogP contribution is -2.52. The summed E-state index contributed by atoms with van der Waals surface area (Å²) in [6.07, 6.45) is 1.08. The van der Waals surface area contributed by atoms with Crippen molar-refractivity contribution in [1.29, 1.82) is 0 Å². The zero-order chi connectivity index (χ0) is 29.0. The second kappa shape index (κ2) is 10.1. The molecule has 1 unspecified atom stereocenters. The summed E-state index contributed by atoms with van der Waals surface area (Å²) in [6, 6.07) is 21.4. The molecule has 1 aliphatic heterocycles. The zero-order valence-corrected chi connectivity index (χ0v) is 23.7. The highest BCUT2D eigenvalue weighted by Gasteiger charge is 2.27. The molecule has 6 aromatic rings. The summed E-state index contributed by atoms with van der Waals surface area (Å²) in [4.78, 5) is 36.1. The van der Waals surface area contributed by atoms with Gasteiger partial charge < -0.3 is 24.0 Å². The van der Waals surface area contributed by atoms with Crippen molar-refractivity contribution in [2.75, 3.05) is 45.3 Å². The van der Waals surface area contributed by atoms with E-state index in [9.17, 15) is 9.59 Å². The summed E-state index contributed by atoms with van der Waals surface area (Å²) in [5.41, 5.74) is 3.11. The number of hydrogen-bond donors (Lipinski definition) is 0. The lowest BCUT2D eigenvalue weighted by atomic mass is 10.1.